The van der Waals surface area contributed by atoms with Crippen molar-refractivity contribution in [2.45, 2.75) is 46.3 Å². The summed E-state index contributed by atoms with van der Waals surface area (Å²) < 4.78 is 3.86. The van der Waals surface area contributed by atoms with E-state index in [0.717, 1.165) is 44.0 Å². The number of aromatic nitrogens is 5. The standard InChI is InChI=1S/C13H22N6/c1-3-6-14-9-12-5-8-18(17-12)10-13-15-11-16-19(13)7-4-2/h5,8,11,14H,3-4,6-7,9-10H2,1-2H3. The summed E-state index contributed by atoms with van der Waals surface area (Å²) in [4.78, 5) is 4.29. The normalized spacial score (nSPS) is 11.1. The SMILES string of the molecule is CCCNCc1ccn(Cc2ncnn2CCC)n1. The van der Waals surface area contributed by atoms with Crippen LogP contribution in [-0.2, 0) is 19.6 Å². The molecule has 6 heteroatoms. The van der Waals surface area contributed by atoms with Gasteiger partial charge in [-0.2, -0.15) is 10.2 Å². The third-order valence-corrected chi connectivity index (χ3v) is 2.86. The zero-order valence-electron chi connectivity index (χ0n) is 11.7. The topological polar surface area (TPSA) is 60.6 Å². The summed E-state index contributed by atoms with van der Waals surface area (Å²) in [5, 5.41) is 12.1. The molecular formula is C13H22N6. The van der Waals surface area contributed by atoms with Gasteiger partial charge in [-0.1, -0.05) is 13.8 Å². The summed E-state index contributed by atoms with van der Waals surface area (Å²) in [5.74, 6) is 0.956. The molecule has 0 bridgehead atoms. The Morgan fingerprint density at radius 3 is 2.95 bits per heavy atom. The van der Waals surface area contributed by atoms with Crippen LogP contribution in [0.5, 0.6) is 0 Å². The molecule has 0 aliphatic carbocycles. The zero-order valence-corrected chi connectivity index (χ0v) is 11.7. The highest BCUT2D eigenvalue weighted by atomic mass is 15.4. The van der Waals surface area contributed by atoms with Crippen molar-refractivity contribution in [3.05, 3.63) is 30.1 Å². The first-order valence-corrected chi connectivity index (χ1v) is 6.93. The molecule has 0 aromatic carbocycles. The minimum atomic E-state index is 0.674. The summed E-state index contributed by atoms with van der Waals surface area (Å²) in [6.45, 7) is 7.72. The van der Waals surface area contributed by atoms with Crippen molar-refractivity contribution in [3.8, 4) is 0 Å². The molecule has 6 nitrogen and oxygen atoms in total. The van der Waals surface area contributed by atoms with Gasteiger partial charge in [0.15, 0.2) is 0 Å². The van der Waals surface area contributed by atoms with Crippen LogP contribution in [0.2, 0.25) is 0 Å². The fourth-order valence-electron chi connectivity index (χ4n) is 1.93. The highest BCUT2D eigenvalue weighted by Gasteiger charge is 2.05. The van der Waals surface area contributed by atoms with Gasteiger partial charge in [0, 0.05) is 19.3 Å². The third kappa shape index (κ3) is 3.89. The molecule has 2 aromatic rings. The molecule has 0 fully saturated rings. The van der Waals surface area contributed by atoms with Crippen molar-refractivity contribution in [1.82, 2.24) is 29.9 Å². The van der Waals surface area contributed by atoms with E-state index in [1.807, 2.05) is 21.6 Å². The van der Waals surface area contributed by atoms with Crippen molar-refractivity contribution in [3.63, 3.8) is 0 Å². The first kappa shape index (κ1) is 13.7. The molecule has 0 saturated carbocycles. The highest BCUT2D eigenvalue weighted by molar-refractivity contribution is 5.00. The Morgan fingerprint density at radius 1 is 1.26 bits per heavy atom. The van der Waals surface area contributed by atoms with E-state index in [2.05, 4.69) is 34.3 Å². The van der Waals surface area contributed by atoms with Crippen molar-refractivity contribution in [2.75, 3.05) is 6.54 Å². The van der Waals surface area contributed by atoms with Crippen LogP contribution in [0.25, 0.3) is 0 Å². The van der Waals surface area contributed by atoms with Crippen LogP contribution in [-0.4, -0.2) is 31.1 Å². The Labute approximate surface area is 113 Å². The van der Waals surface area contributed by atoms with E-state index in [9.17, 15) is 0 Å². The second-order valence-corrected chi connectivity index (χ2v) is 4.58. The number of aryl methyl sites for hydroxylation is 1. The van der Waals surface area contributed by atoms with Crippen LogP contribution < -0.4 is 5.32 Å². The maximum Gasteiger partial charge on any atom is 0.148 e. The van der Waals surface area contributed by atoms with Crippen molar-refractivity contribution in [1.29, 1.82) is 0 Å². The maximum atomic E-state index is 4.53. The predicted molar refractivity (Wildman–Crippen MR) is 73.6 cm³/mol. The smallest absolute Gasteiger partial charge is 0.148 e. The van der Waals surface area contributed by atoms with E-state index in [1.54, 1.807) is 6.33 Å². The lowest BCUT2D eigenvalue weighted by Gasteiger charge is -2.04. The van der Waals surface area contributed by atoms with Gasteiger partial charge in [-0.3, -0.25) is 4.68 Å². The summed E-state index contributed by atoms with van der Waals surface area (Å²) in [6, 6.07) is 2.04. The quantitative estimate of drug-likeness (QED) is 0.731. The molecule has 0 unspecified atom stereocenters. The van der Waals surface area contributed by atoms with Crippen LogP contribution in [0.15, 0.2) is 18.6 Å². The van der Waals surface area contributed by atoms with Crippen LogP contribution in [0.3, 0.4) is 0 Å². The van der Waals surface area contributed by atoms with Gasteiger partial charge in [-0.15, -0.1) is 0 Å². The number of rotatable bonds is 8. The second kappa shape index (κ2) is 7.04. The van der Waals surface area contributed by atoms with E-state index in [-0.39, 0.29) is 0 Å². The van der Waals surface area contributed by atoms with Crippen LogP contribution in [0, 0.1) is 0 Å². The summed E-state index contributed by atoms with van der Waals surface area (Å²) in [7, 11) is 0. The molecule has 0 aliphatic rings. The Balaban J connectivity index is 1.93. The lowest BCUT2D eigenvalue weighted by Crippen LogP contribution is -2.15. The molecule has 104 valence electrons. The van der Waals surface area contributed by atoms with Gasteiger partial charge in [0.2, 0.25) is 0 Å². The summed E-state index contributed by atoms with van der Waals surface area (Å²) in [6.07, 6.45) is 5.80. The minimum absolute atomic E-state index is 0.674. The van der Waals surface area contributed by atoms with Crippen LogP contribution in [0.4, 0.5) is 0 Å². The number of hydrogen-bond donors (Lipinski definition) is 1. The predicted octanol–water partition coefficient (Wildman–Crippen LogP) is 1.43. The fourth-order valence-corrected chi connectivity index (χ4v) is 1.93. The van der Waals surface area contributed by atoms with E-state index in [0.29, 0.717) is 6.54 Å². The van der Waals surface area contributed by atoms with Crippen molar-refractivity contribution < 1.29 is 0 Å². The third-order valence-electron chi connectivity index (χ3n) is 2.86. The summed E-state index contributed by atoms with van der Waals surface area (Å²) in [5.41, 5.74) is 1.06. The molecule has 0 radical (unpaired) electrons. The molecule has 1 N–H and O–H groups in total. The molecule has 0 spiro atoms. The van der Waals surface area contributed by atoms with Gasteiger partial charge < -0.3 is 5.32 Å². The molecule has 19 heavy (non-hydrogen) atoms. The van der Waals surface area contributed by atoms with Gasteiger partial charge in [-0.25, -0.2) is 9.67 Å². The van der Waals surface area contributed by atoms with Gasteiger partial charge in [0.1, 0.15) is 18.7 Å². The van der Waals surface area contributed by atoms with Gasteiger partial charge in [0.25, 0.3) is 0 Å². The number of hydrogen-bond acceptors (Lipinski definition) is 4. The average Bonchev–Trinajstić information content (AvgIpc) is 3.02. The van der Waals surface area contributed by atoms with Crippen LogP contribution >= 0.6 is 0 Å². The lowest BCUT2D eigenvalue weighted by atomic mass is 10.4. The number of nitrogens with zero attached hydrogens (tertiary/aromatic N) is 5. The lowest BCUT2D eigenvalue weighted by molar-refractivity contribution is 0.535. The molecule has 0 saturated heterocycles. The first-order valence-electron chi connectivity index (χ1n) is 6.93. The number of nitrogens with one attached hydrogen (secondary N) is 1. The van der Waals surface area contributed by atoms with E-state index < -0.39 is 0 Å². The van der Waals surface area contributed by atoms with Crippen LogP contribution in [0.1, 0.15) is 38.2 Å². The highest BCUT2D eigenvalue weighted by Crippen LogP contribution is 2.01. The molecule has 0 amide bonds. The average molecular weight is 262 g/mol. The first-order chi connectivity index (χ1) is 9.33. The molecule has 0 aliphatic heterocycles. The Kier molecular flexibility index (Phi) is 5.09. The molecule has 2 rings (SSSR count). The van der Waals surface area contributed by atoms with E-state index in [4.69, 9.17) is 0 Å². The Hall–Kier alpha value is -1.69. The van der Waals surface area contributed by atoms with Gasteiger partial charge in [0.05, 0.1) is 5.69 Å². The molecule has 0 atom stereocenters. The fraction of sp³-hybridized carbons (Fsp3) is 0.615. The van der Waals surface area contributed by atoms with Gasteiger partial charge in [-0.05, 0) is 25.5 Å². The summed E-state index contributed by atoms with van der Waals surface area (Å²) >= 11 is 0. The van der Waals surface area contributed by atoms with Gasteiger partial charge >= 0.3 is 0 Å². The Bertz CT molecular complexity index is 487. The van der Waals surface area contributed by atoms with E-state index in [1.165, 1.54) is 0 Å². The van der Waals surface area contributed by atoms with Crippen molar-refractivity contribution in [2.24, 2.45) is 0 Å². The molecule has 2 heterocycles. The monoisotopic (exact) mass is 262 g/mol. The maximum absolute atomic E-state index is 4.53. The molecule has 2 aromatic heterocycles. The molecular weight excluding hydrogens is 240 g/mol. The minimum Gasteiger partial charge on any atom is -0.311 e. The largest absolute Gasteiger partial charge is 0.311 e. The zero-order chi connectivity index (χ0) is 13.5. The van der Waals surface area contributed by atoms with Crippen molar-refractivity contribution >= 4 is 0 Å². The van der Waals surface area contributed by atoms with E-state index >= 15 is 0 Å². The Morgan fingerprint density at radius 2 is 2.16 bits per heavy atom. The second-order valence-electron chi connectivity index (χ2n) is 4.58.